The molecule has 138 valence electrons. The zero-order chi connectivity index (χ0) is 18.4. The topological polar surface area (TPSA) is 59.4 Å². The minimum Gasteiger partial charge on any atom is -0.497 e. The van der Waals surface area contributed by atoms with Gasteiger partial charge < -0.3 is 10.1 Å². The van der Waals surface area contributed by atoms with Gasteiger partial charge in [0.05, 0.1) is 19.3 Å². The Bertz CT molecular complexity index is 743. The molecule has 6 nitrogen and oxygen atoms in total. The van der Waals surface area contributed by atoms with Crippen LogP contribution in [0.2, 0.25) is 0 Å². The van der Waals surface area contributed by atoms with E-state index in [0.717, 1.165) is 44.0 Å². The molecule has 0 atom stereocenters. The van der Waals surface area contributed by atoms with E-state index in [-0.39, 0.29) is 5.91 Å². The van der Waals surface area contributed by atoms with Crippen molar-refractivity contribution in [2.45, 2.75) is 25.8 Å². The molecule has 1 aromatic carbocycles. The van der Waals surface area contributed by atoms with E-state index in [2.05, 4.69) is 39.6 Å². The van der Waals surface area contributed by atoms with Gasteiger partial charge in [-0.15, -0.1) is 0 Å². The second kappa shape index (κ2) is 8.67. The van der Waals surface area contributed by atoms with Crippen molar-refractivity contribution in [3.63, 3.8) is 0 Å². The number of hydrogen-bond donors (Lipinski definition) is 1. The number of rotatable bonds is 6. The number of hydrogen-bond acceptors (Lipinski definition) is 4. The van der Waals surface area contributed by atoms with E-state index in [1.807, 2.05) is 22.9 Å². The molecule has 0 aliphatic carbocycles. The summed E-state index contributed by atoms with van der Waals surface area (Å²) < 4.78 is 7.13. The summed E-state index contributed by atoms with van der Waals surface area (Å²) in [6.45, 7) is 4.51. The highest BCUT2D eigenvalue weighted by Crippen LogP contribution is 2.25. The normalized spacial score (nSPS) is 16.1. The highest BCUT2D eigenvalue weighted by atomic mass is 16.5. The molecule has 6 heteroatoms. The smallest absolute Gasteiger partial charge is 0.222 e. The Kier molecular flexibility index (Phi) is 6.07. The number of piperidine rings is 1. The third-order valence-corrected chi connectivity index (χ3v) is 4.67. The van der Waals surface area contributed by atoms with Gasteiger partial charge in [-0.3, -0.25) is 9.69 Å². The van der Waals surface area contributed by atoms with Crippen molar-refractivity contribution in [2.75, 3.05) is 32.1 Å². The molecule has 1 N–H and O–H groups in total. The minimum absolute atomic E-state index is 0.0622. The van der Waals surface area contributed by atoms with Gasteiger partial charge in [-0.2, -0.15) is 5.10 Å². The molecule has 1 fully saturated rings. The molecule has 1 saturated heterocycles. The molecule has 0 unspecified atom stereocenters. The first-order chi connectivity index (χ1) is 12.7. The number of carbonyl (C=O) groups excluding carboxylic acids is 1. The molecule has 26 heavy (non-hydrogen) atoms. The highest BCUT2D eigenvalue weighted by Gasteiger charge is 2.22. The molecule has 2 aromatic rings. The number of carbonyl (C=O) groups is 1. The van der Waals surface area contributed by atoms with Gasteiger partial charge in [-0.25, -0.2) is 4.68 Å². The summed E-state index contributed by atoms with van der Waals surface area (Å²) in [7, 11) is 1.68. The van der Waals surface area contributed by atoms with E-state index < -0.39 is 0 Å². The van der Waals surface area contributed by atoms with Crippen LogP contribution in [0.25, 0.3) is 6.08 Å². The third-order valence-electron chi connectivity index (χ3n) is 4.67. The molecule has 1 amide bonds. The molecule has 1 aromatic heterocycles. The second-order valence-corrected chi connectivity index (χ2v) is 6.55. The summed E-state index contributed by atoms with van der Waals surface area (Å²) in [5.74, 6) is 1.60. The number of methoxy groups -OCH3 is 1. The maximum Gasteiger partial charge on any atom is 0.222 e. The number of nitrogens with zero attached hydrogens (tertiary/aromatic N) is 3. The van der Waals surface area contributed by atoms with E-state index in [1.54, 1.807) is 13.3 Å². The van der Waals surface area contributed by atoms with Crippen molar-refractivity contribution >= 4 is 17.8 Å². The van der Waals surface area contributed by atoms with Crippen LogP contribution in [-0.2, 0) is 4.79 Å². The molecule has 1 aliphatic rings. The van der Waals surface area contributed by atoms with Gasteiger partial charge in [0.15, 0.2) is 0 Å². The Labute approximate surface area is 154 Å². The fourth-order valence-corrected chi connectivity index (χ4v) is 3.28. The molecule has 0 bridgehead atoms. The van der Waals surface area contributed by atoms with Crippen LogP contribution in [0, 0.1) is 0 Å². The summed E-state index contributed by atoms with van der Waals surface area (Å²) in [4.78, 5) is 13.7. The van der Waals surface area contributed by atoms with Crippen molar-refractivity contribution in [3.05, 3.63) is 48.2 Å². The van der Waals surface area contributed by atoms with Crippen molar-refractivity contribution in [1.82, 2.24) is 14.7 Å². The number of aromatic nitrogens is 2. The Morgan fingerprint density at radius 1 is 1.27 bits per heavy atom. The van der Waals surface area contributed by atoms with E-state index in [0.29, 0.717) is 6.04 Å². The van der Waals surface area contributed by atoms with Crippen LogP contribution in [0.4, 0.5) is 5.82 Å². The van der Waals surface area contributed by atoms with Crippen LogP contribution >= 0.6 is 0 Å². The Balaban J connectivity index is 1.48. The summed E-state index contributed by atoms with van der Waals surface area (Å²) in [6, 6.07) is 10.3. The Morgan fingerprint density at radius 3 is 2.65 bits per heavy atom. The summed E-state index contributed by atoms with van der Waals surface area (Å²) in [5, 5.41) is 7.24. The second-order valence-electron chi connectivity index (χ2n) is 6.55. The monoisotopic (exact) mass is 354 g/mol. The number of nitrogens with one attached hydrogen (secondary N) is 1. The van der Waals surface area contributed by atoms with Gasteiger partial charge in [0.2, 0.25) is 5.91 Å². The fourth-order valence-electron chi connectivity index (χ4n) is 3.28. The molecule has 3 rings (SSSR count). The fraction of sp³-hybridized carbons (Fsp3) is 0.400. The lowest BCUT2D eigenvalue weighted by atomic mass is 10.1. The average molecular weight is 354 g/mol. The molecule has 2 heterocycles. The standard InChI is InChI=1S/C20H26N4O2/c1-16(25)22-20-9-12-21-24(20)18-10-14-23(15-11-18)13-3-4-17-5-7-19(26-2)8-6-17/h3-9,12,18H,10-11,13-15H2,1-2H3,(H,22,25). The molecule has 1 aliphatic heterocycles. The van der Waals surface area contributed by atoms with E-state index in [1.165, 1.54) is 12.5 Å². The zero-order valence-electron chi connectivity index (χ0n) is 15.4. The van der Waals surface area contributed by atoms with Crippen LogP contribution < -0.4 is 10.1 Å². The van der Waals surface area contributed by atoms with Gasteiger partial charge >= 0.3 is 0 Å². The number of amides is 1. The number of anilines is 1. The largest absolute Gasteiger partial charge is 0.497 e. The van der Waals surface area contributed by atoms with Crippen LogP contribution in [0.5, 0.6) is 5.75 Å². The van der Waals surface area contributed by atoms with Crippen LogP contribution in [-0.4, -0.2) is 47.3 Å². The van der Waals surface area contributed by atoms with Gasteiger partial charge in [0.1, 0.15) is 11.6 Å². The minimum atomic E-state index is -0.0622. The number of ether oxygens (including phenoxy) is 1. The third kappa shape index (κ3) is 4.73. The lowest BCUT2D eigenvalue weighted by Gasteiger charge is -2.32. The average Bonchev–Trinajstić information content (AvgIpc) is 3.10. The zero-order valence-corrected chi connectivity index (χ0v) is 15.4. The van der Waals surface area contributed by atoms with Gasteiger partial charge in [-0.1, -0.05) is 24.3 Å². The first-order valence-electron chi connectivity index (χ1n) is 9.00. The maximum atomic E-state index is 11.3. The van der Waals surface area contributed by atoms with Crippen molar-refractivity contribution < 1.29 is 9.53 Å². The van der Waals surface area contributed by atoms with E-state index >= 15 is 0 Å². The lowest BCUT2D eigenvalue weighted by Crippen LogP contribution is -2.35. The van der Waals surface area contributed by atoms with Gasteiger partial charge in [0.25, 0.3) is 0 Å². The van der Waals surface area contributed by atoms with Crippen molar-refractivity contribution in [2.24, 2.45) is 0 Å². The molecular formula is C20H26N4O2. The van der Waals surface area contributed by atoms with Gasteiger partial charge in [0, 0.05) is 32.6 Å². The predicted molar refractivity (Wildman–Crippen MR) is 103 cm³/mol. The predicted octanol–water partition coefficient (Wildman–Crippen LogP) is 3.20. The number of likely N-dealkylation sites (tertiary alicyclic amines) is 1. The van der Waals surface area contributed by atoms with Crippen LogP contribution in [0.15, 0.2) is 42.6 Å². The number of benzene rings is 1. The first-order valence-corrected chi connectivity index (χ1v) is 9.00. The van der Waals surface area contributed by atoms with Crippen LogP contribution in [0.3, 0.4) is 0 Å². The lowest BCUT2D eigenvalue weighted by molar-refractivity contribution is -0.114. The first kappa shape index (κ1) is 18.2. The molecular weight excluding hydrogens is 328 g/mol. The van der Waals surface area contributed by atoms with E-state index in [4.69, 9.17) is 4.74 Å². The maximum absolute atomic E-state index is 11.3. The molecule has 0 spiro atoms. The summed E-state index contributed by atoms with van der Waals surface area (Å²) in [6.07, 6.45) is 8.16. The quantitative estimate of drug-likeness (QED) is 0.865. The van der Waals surface area contributed by atoms with Crippen molar-refractivity contribution in [1.29, 1.82) is 0 Å². The SMILES string of the molecule is COc1ccc(C=CCN2CCC(n3nccc3NC(C)=O)CC2)cc1. The van der Waals surface area contributed by atoms with Crippen molar-refractivity contribution in [3.8, 4) is 5.75 Å². The Hall–Kier alpha value is -2.60. The highest BCUT2D eigenvalue weighted by molar-refractivity contribution is 5.87. The summed E-state index contributed by atoms with van der Waals surface area (Å²) >= 11 is 0. The summed E-state index contributed by atoms with van der Waals surface area (Å²) in [5.41, 5.74) is 1.18. The van der Waals surface area contributed by atoms with Gasteiger partial charge in [-0.05, 0) is 30.5 Å². The van der Waals surface area contributed by atoms with E-state index in [9.17, 15) is 4.79 Å². The molecule has 0 radical (unpaired) electrons. The molecule has 0 saturated carbocycles. The van der Waals surface area contributed by atoms with Crippen LogP contribution in [0.1, 0.15) is 31.4 Å². The Morgan fingerprint density at radius 2 is 2.00 bits per heavy atom.